The lowest BCUT2D eigenvalue weighted by Gasteiger charge is -2.21. The van der Waals surface area contributed by atoms with E-state index in [0.717, 1.165) is 25.7 Å². The maximum atomic E-state index is 12.0. The van der Waals surface area contributed by atoms with E-state index in [1.807, 2.05) is 6.92 Å². The fourth-order valence-electron chi connectivity index (χ4n) is 2.77. The van der Waals surface area contributed by atoms with Crippen molar-refractivity contribution in [2.45, 2.75) is 51.0 Å². The highest BCUT2D eigenvalue weighted by Crippen LogP contribution is 2.28. The van der Waals surface area contributed by atoms with Crippen LogP contribution in [0.1, 0.15) is 55.8 Å². The molecule has 1 saturated carbocycles. The molecule has 25 heavy (non-hydrogen) atoms. The van der Waals surface area contributed by atoms with Crippen LogP contribution in [0.15, 0.2) is 24.3 Å². The van der Waals surface area contributed by atoms with Crippen LogP contribution in [-0.2, 0) is 9.53 Å². The van der Waals surface area contributed by atoms with Gasteiger partial charge in [0.2, 0.25) is 0 Å². The number of unbranched alkanes of at least 4 members (excludes halogenated alkanes) is 1. The minimum absolute atomic E-state index is 0.163. The zero-order valence-corrected chi connectivity index (χ0v) is 14.5. The van der Waals surface area contributed by atoms with Gasteiger partial charge in [-0.3, -0.25) is 4.79 Å². The molecule has 0 heterocycles. The number of hydrogen-bond donors (Lipinski definition) is 1. The maximum Gasteiger partial charge on any atom is 0.338 e. The van der Waals surface area contributed by atoms with Gasteiger partial charge in [-0.25, -0.2) is 4.79 Å². The summed E-state index contributed by atoms with van der Waals surface area (Å²) in [6, 6.07) is 8.67. The Morgan fingerprint density at radius 2 is 1.92 bits per heavy atom. The molecule has 0 spiro atoms. The summed E-state index contributed by atoms with van der Waals surface area (Å²) in [6.07, 6.45) is 5.07. The molecule has 0 aromatic heterocycles. The SMILES string of the molecule is CCCCOC(=O)c1ccc(OCC(=O)NC2(C#N)CCCC2)cc1. The summed E-state index contributed by atoms with van der Waals surface area (Å²) < 4.78 is 10.6. The second-order valence-corrected chi connectivity index (χ2v) is 6.25. The van der Waals surface area contributed by atoms with Crippen molar-refractivity contribution < 1.29 is 19.1 Å². The molecule has 0 radical (unpaired) electrons. The van der Waals surface area contributed by atoms with Crippen LogP contribution in [0.25, 0.3) is 0 Å². The van der Waals surface area contributed by atoms with Gasteiger partial charge >= 0.3 is 5.97 Å². The summed E-state index contributed by atoms with van der Waals surface area (Å²) in [5, 5.41) is 12.0. The van der Waals surface area contributed by atoms with Gasteiger partial charge in [-0.15, -0.1) is 0 Å². The van der Waals surface area contributed by atoms with E-state index in [4.69, 9.17) is 9.47 Å². The molecule has 0 unspecified atom stereocenters. The number of ether oxygens (including phenoxy) is 2. The van der Waals surface area contributed by atoms with Gasteiger partial charge in [0.05, 0.1) is 18.2 Å². The number of benzene rings is 1. The van der Waals surface area contributed by atoms with Gasteiger partial charge in [0.15, 0.2) is 6.61 Å². The number of nitriles is 1. The zero-order chi connectivity index (χ0) is 18.1. The number of esters is 1. The van der Waals surface area contributed by atoms with Gasteiger partial charge in [0.1, 0.15) is 11.3 Å². The summed E-state index contributed by atoms with van der Waals surface area (Å²) in [6.45, 7) is 2.28. The Morgan fingerprint density at radius 3 is 2.52 bits per heavy atom. The minimum atomic E-state index is -0.744. The molecule has 2 rings (SSSR count). The maximum absolute atomic E-state index is 12.0. The normalized spacial score (nSPS) is 15.2. The predicted octanol–water partition coefficient (Wildman–Crippen LogP) is 2.97. The number of nitrogens with zero attached hydrogens (tertiary/aromatic N) is 1. The summed E-state index contributed by atoms with van der Waals surface area (Å²) in [4.78, 5) is 23.8. The lowest BCUT2D eigenvalue weighted by Crippen LogP contribution is -2.47. The topological polar surface area (TPSA) is 88.4 Å². The molecule has 6 heteroatoms. The Balaban J connectivity index is 1.80. The number of nitrogens with one attached hydrogen (secondary N) is 1. The smallest absolute Gasteiger partial charge is 0.338 e. The van der Waals surface area contributed by atoms with Crippen molar-refractivity contribution in [3.8, 4) is 11.8 Å². The Hall–Kier alpha value is -2.55. The van der Waals surface area contributed by atoms with Crippen LogP contribution < -0.4 is 10.1 Å². The molecule has 1 aliphatic rings. The average Bonchev–Trinajstić information content (AvgIpc) is 3.09. The molecule has 6 nitrogen and oxygen atoms in total. The van der Waals surface area contributed by atoms with E-state index in [1.165, 1.54) is 0 Å². The minimum Gasteiger partial charge on any atom is -0.484 e. The van der Waals surface area contributed by atoms with Crippen LogP contribution in [0.4, 0.5) is 0 Å². The van der Waals surface area contributed by atoms with Crippen LogP contribution in [0.5, 0.6) is 5.75 Å². The van der Waals surface area contributed by atoms with Crippen molar-refractivity contribution in [3.63, 3.8) is 0 Å². The Bertz CT molecular complexity index is 628. The van der Waals surface area contributed by atoms with E-state index in [2.05, 4.69) is 11.4 Å². The summed E-state index contributed by atoms with van der Waals surface area (Å²) in [5.41, 5.74) is -0.297. The van der Waals surface area contributed by atoms with E-state index in [-0.39, 0.29) is 18.5 Å². The van der Waals surface area contributed by atoms with Crippen LogP contribution in [0.2, 0.25) is 0 Å². The fourth-order valence-corrected chi connectivity index (χ4v) is 2.77. The van der Waals surface area contributed by atoms with Crippen molar-refractivity contribution in [2.75, 3.05) is 13.2 Å². The first-order valence-corrected chi connectivity index (χ1v) is 8.71. The van der Waals surface area contributed by atoms with E-state index < -0.39 is 5.54 Å². The second kappa shape index (κ2) is 9.07. The zero-order valence-electron chi connectivity index (χ0n) is 14.5. The van der Waals surface area contributed by atoms with E-state index >= 15 is 0 Å². The first-order chi connectivity index (χ1) is 12.1. The molecular weight excluding hydrogens is 320 g/mol. The third-order valence-corrected chi connectivity index (χ3v) is 4.24. The van der Waals surface area contributed by atoms with Crippen LogP contribution in [-0.4, -0.2) is 30.6 Å². The molecule has 134 valence electrons. The van der Waals surface area contributed by atoms with Gasteiger partial charge in [0.25, 0.3) is 5.91 Å². The largest absolute Gasteiger partial charge is 0.484 e. The fraction of sp³-hybridized carbons (Fsp3) is 0.526. The van der Waals surface area contributed by atoms with Gasteiger partial charge < -0.3 is 14.8 Å². The lowest BCUT2D eigenvalue weighted by atomic mass is 10.00. The molecule has 0 saturated heterocycles. The standard InChI is InChI=1S/C19H24N2O4/c1-2-3-12-24-18(23)15-6-8-16(9-7-15)25-13-17(22)21-19(14-20)10-4-5-11-19/h6-9H,2-5,10-13H2,1H3,(H,21,22). The van der Waals surface area contributed by atoms with E-state index in [1.54, 1.807) is 24.3 Å². The molecule has 1 amide bonds. The van der Waals surface area contributed by atoms with Gasteiger partial charge in [-0.1, -0.05) is 13.3 Å². The molecule has 0 bridgehead atoms. The molecule has 1 aromatic carbocycles. The summed E-state index contributed by atoms with van der Waals surface area (Å²) in [5.74, 6) is -0.195. The first-order valence-electron chi connectivity index (χ1n) is 8.71. The highest BCUT2D eigenvalue weighted by atomic mass is 16.5. The van der Waals surface area contributed by atoms with E-state index in [9.17, 15) is 14.9 Å². The number of carbonyl (C=O) groups is 2. The van der Waals surface area contributed by atoms with E-state index in [0.29, 0.717) is 30.8 Å². The Kier molecular flexibility index (Phi) is 6.81. The number of amides is 1. The molecular formula is C19H24N2O4. The lowest BCUT2D eigenvalue weighted by molar-refractivity contribution is -0.124. The van der Waals surface area contributed by atoms with Crippen LogP contribution >= 0.6 is 0 Å². The van der Waals surface area contributed by atoms with Gasteiger partial charge in [0, 0.05) is 0 Å². The third-order valence-electron chi connectivity index (χ3n) is 4.24. The third kappa shape index (κ3) is 5.49. The predicted molar refractivity (Wildman–Crippen MR) is 92.1 cm³/mol. The molecule has 1 N–H and O–H groups in total. The molecule has 0 aliphatic heterocycles. The average molecular weight is 344 g/mol. The number of carbonyl (C=O) groups excluding carboxylic acids is 2. The second-order valence-electron chi connectivity index (χ2n) is 6.25. The number of hydrogen-bond acceptors (Lipinski definition) is 5. The monoisotopic (exact) mass is 344 g/mol. The van der Waals surface area contributed by atoms with Crippen LogP contribution in [0.3, 0.4) is 0 Å². The quantitative estimate of drug-likeness (QED) is 0.578. The molecule has 1 aliphatic carbocycles. The highest BCUT2D eigenvalue weighted by Gasteiger charge is 2.35. The van der Waals surface area contributed by atoms with Crippen molar-refractivity contribution >= 4 is 11.9 Å². The Labute approximate surface area is 148 Å². The summed E-state index contributed by atoms with van der Waals surface area (Å²) >= 11 is 0. The number of rotatable bonds is 8. The first kappa shape index (κ1) is 18.8. The molecule has 0 atom stereocenters. The Morgan fingerprint density at radius 1 is 1.24 bits per heavy atom. The molecule has 1 fully saturated rings. The summed E-state index contributed by atoms with van der Waals surface area (Å²) in [7, 11) is 0. The van der Waals surface area contributed by atoms with Gasteiger partial charge in [-0.2, -0.15) is 5.26 Å². The van der Waals surface area contributed by atoms with Gasteiger partial charge in [-0.05, 0) is 56.4 Å². The van der Waals surface area contributed by atoms with Crippen molar-refractivity contribution in [1.29, 1.82) is 5.26 Å². The van der Waals surface area contributed by atoms with Crippen LogP contribution in [0, 0.1) is 11.3 Å². The van der Waals surface area contributed by atoms with Crippen molar-refractivity contribution in [2.24, 2.45) is 0 Å². The van der Waals surface area contributed by atoms with Crippen molar-refractivity contribution in [3.05, 3.63) is 29.8 Å². The highest BCUT2D eigenvalue weighted by molar-refractivity contribution is 5.89. The molecule has 1 aromatic rings. The van der Waals surface area contributed by atoms with Crippen molar-refractivity contribution in [1.82, 2.24) is 5.32 Å².